The number of nitrogens with zero attached hydrogens (tertiary/aromatic N) is 1. The zero-order chi connectivity index (χ0) is 12.3. The zero-order valence-electron chi connectivity index (χ0n) is 9.88. The van der Waals surface area contributed by atoms with Gasteiger partial charge in [-0.05, 0) is 12.0 Å². The van der Waals surface area contributed by atoms with Gasteiger partial charge in [0, 0.05) is 13.1 Å². The average molecular weight is 274 g/mol. The van der Waals surface area contributed by atoms with Crippen molar-refractivity contribution < 1.29 is 9.09 Å². The van der Waals surface area contributed by atoms with Crippen molar-refractivity contribution in [1.82, 2.24) is 4.67 Å². The van der Waals surface area contributed by atoms with Crippen molar-refractivity contribution >= 4 is 19.1 Å². The zero-order valence-corrected chi connectivity index (χ0v) is 11.5. The summed E-state index contributed by atoms with van der Waals surface area (Å²) in [6.45, 7) is 3.50. The fraction of sp³-hybridized carbons (Fsp3) is 0.500. The highest BCUT2D eigenvalue weighted by Gasteiger charge is 2.42. The molecule has 3 nitrogen and oxygen atoms in total. The van der Waals surface area contributed by atoms with E-state index in [4.69, 9.17) is 16.1 Å². The molecular formula is C12H17ClNO2P. The maximum atomic E-state index is 12.5. The largest absolute Gasteiger partial charge is 0.307 e. The van der Waals surface area contributed by atoms with Crippen LogP contribution in [0.5, 0.6) is 0 Å². The van der Waals surface area contributed by atoms with Gasteiger partial charge in [0.05, 0.1) is 0 Å². The van der Waals surface area contributed by atoms with Gasteiger partial charge >= 0.3 is 0 Å². The summed E-state index contributed by atoms with van der Waals surface area (Å²) in [6.07, 6.45) is 0.832. The first-order valence-electron chi connectivity index (χ1n) is 5.83. The predicted octanol–water partition coefficient (Wildman–Crippen LogP) is 3.86. The molecule has 1 saturated heterocycles. The van der Waals surface area contributed by atoms with E-state index in [0.717, 1.165) is 18.5 Å². The highest BCUT2D eigenvalue weighted by Crippen LogP contribution is 2.60. The number of hydrogen-bond donors (Lipinski definition) is 0. The Bertz CT molecular complexity index is 412. The van der Waals surface area contributed by atoms with Crippen molar-refractivity contribution in [2.24, 2.45) is 0 Å². The van der Waals surface area contributed by atoms with E-state index in [1.165, 1.54) is 0 Å². The molecule has 94 valence electrons. The van der Waals surface area contributed by atoms with Crippen LogP contribution in [0.2, 0.25) is 0 Å². The molecule has 0 amide bonds. The fourth-order valence-corrected chi connectivity index (χ4v) is 4.51. The standard InChI is InChI=1S/C12H17ClNO2P/c1-2-8-14-9-12(16-17(14,15)10-13)11-6-4-3-5-7-11/h3-7,12H,2,8-10H2,1H3. The molecule has 2 atom stereocenters. The summed E-state index contributed by atoms with van der Waals surface area (Å²) in [4.78, 5) is 0. The minimum Gasteiger partial charge on any atom is -0.307 e. The van der Waals surface area contributed by atoms with Crippen molar-refractivity contribution in [3.05, 3.63) is 35.9 Å². The molecule has 0 bridgehead atoms. The molecule has 0 radical (unpaired) electrons. The first kappa shape index (κ1) is 13.1. The van der Waals surface area contributed by atoms with Crippen molar-refractivity contribution in [1.29, 1.82) is 0 Å². The Morgan fingerprint density at radius 1 is 1.47 bits per heavy atom. The molecule has 1 aromatic rings. The highest BCUT2D eigenvalue weighted by atomic mass is 35.5. The van der Waals surface area contributed by atoms with Crippen LogP contribution in [0.3, 0.4) is 0 Å². The van der Waals surface area contributed by atoms with Gasteiger partial charge in [-0.1, -0.05) is 37.3 Å². The lowest BCUT2D eigenvalue weighted by atomic mass is 10.1. The maximum Gasteiger partial charge on any atom is 0.287 e. The third kappa shape index (κ3) is 2.74. The normalized spacial score (nSPS) is 29.6. The highest BCUT2D eigenvalue weighted by molar-refractivity contribution is 7.58. The van der Waals surface area contributed by atoms with Crippen molar-refractivity contribution in [2.75, 3.05) is 18.7 Å². The second kappa shape index (κ2) is 5.53. The van der Waals surface area contributed by atoms with Crippen LogP contribution in [0.25, 0.3) is 0 Å². The van der Waals surface area contributed by atoms with Gasteiger partial charge in [0.25, 0.3) is 7.52 Å². The van der Waals surface area contributed by atoms with Crippen LogP contribution in [0.4, 0.5) is 0 Å². The Kier molecular flexibility index (Phi) is 4.26. The molecule has 0 aromatic heterocycles. The van der Waals surface area contributed by atoms with Gasteiger partial charge in [0.1, 0.15) is 11.7 Å². The van der Waals surface area contributed by atoms with Crippen LogP contribution in [-0.4, -0.2) is 23.4 Å². The fourth-order valence-electron chi connectivity index (χ4n) is 2.05. The Labute approximate surface area is 107 Å². The second-order valence-electron chi connectivity index (χ2n) is 4.17. The number of benzene rings is 1. The van der Waals surface area contributed by atoms with Gasteiger partial charge < -0.3 is 4.52 Å². The summed E-state index contributed by atoms with van der Waals surface area (Å²) < 4.78 is 20.1. The summed E-state index contributed by atoms with van der Waals surface area (Å²) >= 11 is 5.80. The SMILES string of the molecule is CCCN1CC(c2ccccc2)OP1(=O)CCl. The number of hydrogen-bond acceptors (Lipinski definition) is 2. The van der Waals surface area contributed by atoms with E-state index in [1.54, 1.807) is 0 Å². The van der Waals surface area contributed by atoms with E-state index in [2.05, 4.69) is 6.92 Å². The molecule has 2 rings (SSSR count). The minimum atomic E-state index is -2.80. The number of halogens is 1. The molecule has 1 aromatic carbocycles. The summed E-state index contributed by atoms with van der Waals surface area (Å²) in [5.74, 6) is 0. The van der Waals surface area contributed by atoms with Gasteiger partial charge in [0.15, 0.2) is 0 Å². The quantitative estimate of drug-likeness (QED) is 0.616. The number of alkyl halides is 1. The molecule has 0 aliphatic carbocycles. The van der Waals surface area contributed by atoms with E-state index in [9.17, 15) is 4.57 Å². The molecule has 1 fully saturated rings. The third-order valence-electron chi connectivity index (χ3n) is 2.90. The molecule has 2 unspecified atom stereocenters. The average Bonchev–Trinajstić information content (AvgIpc) is 2.70. The molecular weight excluding hydrogens is 257 g/mol. The molecule has 0 saturated carbocycles. The van der Waals surface area contributed by atoms with Crippen LogP contribution in [0.15, 0.2) is 30.3 Å². The monoisotopic (exact) mass is 273 g/mol. The number of rotatable bonds is 4. The van der Waals surface area contributed by atoms with E-state index in [1.807, 2.05) is 35.0 Å². The Morgan fingerprint density at radius 3 is 2.76 bits per heavy atom. The summed E-state index contributed by atoms with van der Waals surface area (Å²) in [5, 5.41) is 0. The van der Waals surface area contributed by atoms with Gasteiger partial charge in [0.2, 0.25) is 0 Å². The lowest BCUT2D eigenvalue weighted by Crippen LogP contribution is -2.18. The van der Waals surface area contributed by atoms with Gasteiger partial charge in [-0.25, -0.2) is 4.67 Å². The first-order chi connectivity index (χ1) is 8.19. The third-order valence-corrected chi connectivity index (χ3v) is 5.92. The topological polar surface area (TPSA) is 29.5 Å². The summed E-state index contributed by atoms with van der Waals surface area (Å²) in [7, 11) is -2.80. The Balaban J connectivity index is 2.17. The van der Waals surface area contributed by atoms with Crippen molar-refractivity contribution in [3.63, 3.8) is 0 Å². The molecule has 5 heteroatoms. The lowest BCUT2D eigenvalue weighted by Gasteiger charge is -2.19. The van der Waals surface area contributed by atoms with Crippen LogP contribution in [-0.2, 0) is 9.09 Å². The van der Waals surface area contributed by atoms with Crippen molar-refractivity contribution in [3.8, 4) is 0 Å². The Morgan fingerprint density at radius 2 is 2.18 bits per heavy atom. The minimum absolute atomic E-state index is 0.0658. The van der Waals surface area contributed by atoms with Crippen LogP contribution < -0.4 is 0 Å². The molecule has 1 heterocycles. The summed E-state index contributed by atoms with van der Waals surface area (Å²) in [6, 6.07) is 9.89. The molecule has 17 heavy (non-hydrogen) atoms. The van der Waals surface area contributed by atoms with E-state index in [-0.39, 0.29) is 11.7 Å². The first-order valence-corrected chi connectivity index (χ1v) is 8.13. The molecule has 1 aliphatic heterocycles. The van der Waals surface area contributed by atoms with Crippen LogP contribution >= 0.6 is 19.1 Å². The van der Waals surface area contributed by atoms with E-state index >= 15 is 0 Å². The maximum absolute atomic E-state index is 12.5. The second-order valence-corrected chi connectivity index (χ2v) is 7.18. The van der Waals surface area contributed by atoms with Gasteiger partial charge in [-0.15, -0.1) is 11.6 Å². The van der Waals surface area contributed by atoms with Gasteiger partial charge in [-0.2, -0.15) is 0 Å². The Hall–Kier alpha value is -0.340. The summed E-state index contributed by atoms with van der Waals surface area (Å²) in [5.41, 5.74) is 1.13. The van der Waals surface area contributed by atoms with Crippen LogP contribution in [0, 0.1) is 0 Å². The van der Waals surface area contributed by atoms with E-state index in [0.29, 0.717) is 6.54 Å². The molecule has 1 aliphatic rings. The van der Waals surface area contributed by atoms with E-state index < -0.39 is 7.52 Å². The van der Waals surface area contributed by atoms with Gasteiger partial charge in [-0.3, -0.25) is 4.57 Å². The lowest BCUT2D eigenvalue weighted by molar-refractivity contribution is 0.248. The smallest absolute Gasteiger partial charge is 0.287 e. The van der Waals surface area contributed by atoms with Crippen LogP contribution in [0.1, 0.15) is 25.0 Å². The van der Waals surface area contributed by atoms with Crippen molar-refractivity contribution in [2.45, 2.75) is 19.4 Å². The molecule has 0 spiro atoms. The predicted molar refractivity (Wildman–Crippen MR) is 70.5 cm³/mol. The molecule has 0 N–H and O–H groups in total.